The van der Waals surface area contributed by atoms with Crippen molar-refractivity contribution in [1.82, 2.24) is 15.2 Å². The lowest BCUT2D eigenvalue weighted by Crippen LogP contribution is -2.46. The third-order valence-electron chi connectivity index (χ3n) is 5.34. The lowest BCUT2D eigenvalue weighted by atomic mass is 9.98. The molecule has 8 nitrogen and oxygen atoms in total. The number of rotatable bonds is 5. The molecule has 0 radical (unpaired) electrons. The van der Waals surface area contributed by atoms with Crippen LogP contribution in [-0.4, -0.2) is 62.5 Å². The van der Waals surface area contributed by atoms with Gasteiger partial charge in [-0.05, 0) is 18.1 Å². The van der Waals surface area contributed by atoms with E-state index in [0.717, 1.165) is 26.0 Å². The van der Waals surface area contributed by atoms with Crippen molar-refractivity contribution >= 4 is 23.3 Å². The summed E-state index contributed by atoms with van der Waals surface area (Å²) in [5, 5.41) is 32.6. The molecule has 3 atom stereocenters. The van der Waals surface area contributed by atoms with Gasteiger partial charge in [-0.3, -0.25) is 9.69 Å². The second kappa shape index (κ2) is 8.94. The van der Waals surface area contributed by atoms with Crippen molar-refractivity contribution in [2.45, 2.75) is 57.7 Å². The highest BCUT2D eigenvalue weighted by atomic mass is 32.1. The average Bonchev–Trinajstić information content (AvgIpc) is 3.29. The second-order valence-electron chi connectivity index (χ2n) is 8.89. The number of aromatic nitrogens is 1. The third kappa shape index (κ3) is 5.06. The number of aliphatic hydroxyl groups is 2. The molecule has 2 heterocycles. The highest BCUT2D eigenvalue weighted by molar-refractivity contribution is 7.15. The van der Waals surface area contributed by atoms with Crippen LogP contribution in [-0.2, 0) is 10.2 Å². The Balaban J connectivity index is 1.76. The Morgan fingerprint density at radius 2 is 1.94 bits per heavy atom. The normalized spacial score (nSPS) is 20.0. The molecule has 1 aromatic carbocycles. The van der Waals surface area contributed by atoms with Crippen LogP contribution in [0.5, 0.6) is 0 Å². The van der Waals surface area contributed by atoms with Crippen LogP contribution in [0.1, 0.15) is 49.5 Å². The van der Waals surface area contributed by atoms with Gasteiger partial charge >= 0.3 is 6.09 Å². The molecule has 1 aromatic heterocycles. The molecule has 9 heteroatoms. The summed E-state index contributed by atoms with van der Waals surface area (Å²) in [5.41, 5.74) is 2.65. The van der Waals surface area contributed by atoms with E-state index in [0.29, 0.717) is 5.56 Å². The van der Waals surface area contributed by atoms with E-state index in [-0.39, 0.29) is 25.0 Å². The van der Waals surface area contributed by atoms with Gasteiger partial charge in [0.05, 0.1) is 40.9 Å². The summed E-state index contributed by atoms with van der Waals surface area (Å²) in [4.78, 5) is 30.7. The number of benzene rings is 1. The number of nitrogens with zero attached hydrogens (tertiary/aromatic N) is 2. The average molecular weight is 448 g/mol. The lowest BCUT2D eigenvalue weighted by molar-refractivity contribution is -0.126. The molecule has 0 bridgehead atoms. The van der Waals surface area contributed by atoms with Gasteiger partial charge in [0.25, 0.3) is 0 Å². The van der Waals surface area contributed by atoms with Crippen LogP contribution in [0, 0.1) is 6.92 Å². The van der Waals surface area contributed by atoms with Crippen molar-refractivity contribution in [2.75, 3.05) is 13.2 Å². The first-order valence-electron chi connectivity index (χ1n) is 10.2. The van der Waals surface area contributed by atoms with Gasteiger partial charge in [-0.25, -0.2) is 9.78 Å². The molecule has 1 aliphatic rings. The van der Waals surface area contributed by atoms with E-state index in [1.165, 1.54) is 0 Å². The molecule has 168 valence electrons. The number of hydrogen-bond donors (Lipinski definition) is 4. The number of amides is 2. The zero-order chi connectivity index (χ0) is 22.9. The minimum absolute atomic E-state index is 0.0302. The largest absolute Gasteiger partial charge is 0.465 e. The van der Waals surface area contributed by atoms with E-state index in [9.17, 15) is 24.9 Å². The monoisotopic (exact) mass is 447 g/mol. The fraction of sp³-hybridized carbons (Fsp3) is 0.500. The number of likely N-dealkylation sites (tertiary alicyclic amines) is 1. The minimum atomic E-state index is -1.25. The third-order valence-corrected chi connectivity index (χ3v) is 6.97. The van der Waals surface area contributed by atoms with Crippen molar-refractivity contribution in [3.63, 3.8) is 0 Å². The number of aryl methyl sites for hydroxylation is 1. The number of thiazole rings is 1. The molecule has 2 aromatic rings. The van der Waals surface area contributed by atoms with Gasteiger partial charge in [0.1, 0.15) is 6.04 Å². The summed E-state index contributed by atoms with van der Waals surface area (Å²) in [6.45, 7) is 7.93. The summed E-state index contributed by atoms with van der Waals surface area (Å²) in [5.74, 6) is -0.532. The van der Waals surface area contributed by atoms with E-state index >= 15 is 0 Å². The number of carboxylic acid groups (broad SMARTS) is 1. The number of carbonyl (C=O) groups excluding carboxylic acids is 1. The highest BCUT2D eigenvalue weighted by Gasteiger charge is 2.39. The first-order valence-corrected chi connectivity index (χ1v) is 11.0. The number of β-amino-alcohol motifs (C(OH)–C–C–N with tert-alkyl or cyclic N) is 1. The summed E-state index contributed by atoms with van der Waals surface area (Å²) < 4.78 is 0. The maximum Gasteiger partial charge on any atom is 0.408 e. The van der Waals surface area contributed by atoms with E-state index in [1.807, 2.05) is 31.2 Å². The SMILES string of the molecule is Cc1nc(C(C)(C)C)sc1-c1ccc(C(CO)NC(=O)[C@@H]2C[C@@H](O)CN2C(=O)O)cc1. The molecule has 0 saturated carbocycles. The van der Waals surface area contributed by atoms with Crippen molar-refractivity contribution in [2.24, 2.45) is 0 Å². The predicted octanol–water partition coefficient (Wildman–Crippen LogP) is 2.68. The molecule has 0 spiro atoms. The fourth-order valence-electron chi connectivity index (χ4n) is 3.63. The number of carbonyl (C=O) groups is 2. The molecular formula is C22H29N3O5S. The molecule has 4 N–H and O–H groups in total. The molecular weight excluding hydrogens is 418 g/mol. The fourth-order valence-corrected chi connectivity index (χ4v) is 4.76. The van der Waals surface area contributed by atoms with Gasteiger partial charge in [0, 0.05) is 11.8 Å². The summed E-state index contributed by atoms with van der Waals surface area (Å²) in [6, 6.07) is 5.88. The second-order valence-corrected chi connectivity index (χ2v) is 9.89. The zero-order valence-corrected chi connectivity index (χ0v) is 18.9. The van der Waals surface area contributed by atoms with Crippen molar-refractivity contribution in [3.05, 3.63) is 40.5 Å². The maximum absolute atomic E-state index is 12.6. The van der Waals surface area contributed by atoms with Crippen molar-refractivity contribution in [3.8, 4) is 10.4 Å². The Labute approximate surface area is 185 Å². The number of nitrogens with one attached hydrogen (secondary N) is 1. The Hall–Kier alpha value is -2.49. The van der Waals surface area contributed by atoms with Crippen LogP contribution in [0.2, 0.25) is 0 Å². The van der Waals surface area contributed by atoms with E-state index in [1.54, 1.807) is 11.3 Å². The first-order chi connectivity index (χ1) is 14.5. The van der Waals surface area contributed by atoms with Crippen LogP contribution in [0.15, 0.2) is 24.3 Å². The molecule has 1 aliphatic heterocycles. The summed E-state index contributed by atoms with van der Waals surface area (Å²) in [7, 11) is 0. The first kappa shape index (κ1) is 23.2. The minimum Gasteiger partial charge on any atom is -0.465 e. The van der Waals surface area contributed by atoms with E-state index in [2.05, 4.69) is 26.1 Å². The Morgan fingerprint density at radius 3 is 2.45 bits per heavy atom. The smallest absolute Gasteiger partial charge is 0.408 e. The van der Waals surface area contributed by atoms with Gasteiger partial charge in [0.15, 0.2) is 0 Å². The van der Waals surface area contributed by atoms with Gasteiger partial charge in [-0.1, -0.05) is 45.0 Å². The predicted molar refractivity (Wildman–Crippen MR) is 118 cm³/mol. The lowest BCUT2D eigenvalue weighted by Gasteiger charge is -2.24. The van der Waals surface area contributed by atoms with Crippen LogP contribution in [0.4, 0.5) is 4.79 Å². The highest BCUT2D eigenvalue weighted by Crippen LogP contribution is 2.36. The molecule has 31 heavy (non-hydrogen) atoms. The molecule has 3 rings (SSSR count). The van der Waals surface area contributed by atoms with Gasteiger partial charge < -0.3 is 20.6 Å². The topological polar surface area (TPSA) is 123 Å². The Bertz CT molecular complexity index is 951. The van der Waals surface area contributed by atoms with Crippen molar-refractivity contribution < 1.29 is 24.9 Å². The molecule has 0 aliphatic carbocycles. The van der Waals surface area contributed by atoms with Crippen LogP contribution >= 0.6 is 11.3 Å². The van der Waals surface area contributed by atoms with Gasteiger partial charge in [-0.2, -0.15) is 0 Å². The Kier molecular flexibility index (Phi) is 6.68. The van der Waals surface area contributed by atoms with Gasteiger partial charge in [-0.15, -0.1) is 11.3 Å². The standard InChI is InChI=1S/C22H29N3O5S/c1-12-18(31-20(23-12)22(2,3)4)14-7-5-13(6-8-14)16(11-26)24-19(28)17-9-15(27)10-25(17)21(29)30/h5-8,15-17,26-27H,9-11H2,1-4H3,(H,24,28)(H,29,30)/t15-,16?,17+/m1/s1. The molecule has 2 amide bonds. The van der Waals surface area contributed by atoms with E-state index < -0.39 is 30.2 Å². The van der Waals surface area contributed by atoms with Crippen LogP contribution < -0.4 is 5.32 Å². The Morgan fingerprint density at radius 1 is 1.29 bits per heavy atom. The van der Waals surface area contributed by atoms with E-state index in [4.69, 9.17) is 4.98 Å². The number of hydrogen-bond acceptors (Lipinski definition) is 6. The zero-order valence-electron chi connectivity index (χ0n) is 18.1. The summed E-state index contributed by atoms with van der Waals surface area (Å²) >= 11 is 1.66. The number of aliphatic hydroxyl groups excluding tert-OH is 2. The van der Waals surface area contributed by atoms with Crippen molar-refractivity contribution in [1.29, 1.82) is 0 Å². The molecule has 1 unspecified atom stereocenters. The molecule has 1 saturated heterocycles. The molecule has 1 fully saturated rings. The maximum atomic E-state index is 12.6. The quantitative estimate of drug-likeness (QED) is 0.559. The van der Waals surface area contributed by atoms with Crippen LogP contribution in [0.25, 0.3) is 10.4 Å². The van der Waals surface area contributed by atoms with Crippen LogP contribution in [0.3, 0.4) is 0 Å². The van der Waals surface area contributed by atoms with Gasteiger partial charge in [0.2, 0.25) is 5.91 Å². The summed E-state index contributed by atoms with van der Waals surface area (Å²) in [6.07, 6.45) is -2.09.